The van der Waals surface area contributed by atoms with Gasteiger partial charge in [0.25, 0.3) is 0 Å². The zero-order valence-corrected chi connectivity index (χ0v) is 12.9. The Bertz CT molecular complexity index is 798. The Balaban J connectivity index is 2.68. The van der Waals surface area contributed by atoms with Crippen LogP contribution in [0.5, 0.6) is 11.5 Å². The van der Waals surface area contributed by atoms with Crippen molar-refractivity contribution >= 4 is 40.0 Å². The zero-order valence-electron chi connectivity index (χ0n) is 12.1. The van der Waals surface area contributed by atoms with Gasteiger partial charge in [0.15, 0.2) is 5.75 Å². The molecule has 2 aromatic carbocycles. The third-order valence-electron chi connectivity index (χ3n) is 2.84. The summed E-state index contributed by atoms with van der Waals surface area (Å²) in [6.45, 7) is 6.34. The number of halogens is 1. The maximum absolute atomic E-state index is 11.7. The van der Waals surface area contributed by atoms with Gasteiger partial charge in [-0.25, -0.2) is 4.79 Å². The Labute approximate surface area is 132 Å². The topological polar surface area (TPSA) is 78.6 Å². The molecule has 0 aliphatic carbocycles. The standard InChI is InChI=1S/C16H14ClNO4/c1-8(2)16(20)22-15-11-5-4-10(17)6-12(11)14(7-13(15)18)21-9(3)19/h4-7H,1,18H2,2-3H3. The molecule has 0 bridgehead atoms. The van der Waals surface area contributed by atoms with Gasteiger partial charge in [-0.3, -0.25) is 4.79 Å². The molecule has 0 atom stereocenters. The maximum Gasteiger partial charge on any atom is 0.338 e. The van der Waals surface area contributed by atoms with Crippen molar-refractivity contribution in [3.8, 4) is 11.5 Å². The molecule has 2 rings (SSSR count). The fourth-order valence-electron chi connectivity index (χ4n) is 1.89. The van der Waals surface area contributed by atoms with E-state index in [0.717, 1.165) is 0 Å². The van der Waals surface area contributed by atoms with Gasteiger partial charge in [-0.15, -0.1) is 0 Å². The lowest BCUT2D eigenvalue weighted by molar-refractivity contribution is -0.132. The van der Waals surface area contributed by atoms with Crippen LogP contribution in [0.3, 0.4) is 0 Å². The number of esters is 2. The molecule has 0 saturated heterocycles. The third-order valence-corrected chi connectivity index (χ3v) is 3.07. The van der Waals surface area contributed by atoms with Crippen molar-refractivity contribution in [1.29, 1.82) is 0 Å². The molecule has 0 heterocycles. The number of rotatable bonds is 3. The summed E-state index contributed by atoms with van der Waals surface area (Å²) in [5, 5.41) is 1.47. The van der Waals surface area contributed by atoms with Gasteiger partial charge in [-0.2, -0.15) is 0 Å². The first-order valence-electron chi connectivity index (χ1n) is 6.37. The summed E-state index contributed by atoms with van der Waals surface area (Å²) in [5.74, 6) is -0.663. The maximum atomic E-state index is 11.7. The number of fused-ring (bicyclic) bond motifs is 1. The van der Waals surface area contributed by atoms with E-state index in [1.54, 1.807) is 18.2 Å². The van der Waals surface area contributed by atoms with Gasteiger partial charge in [-0.05, 0) is 25.1 Å². The van der Waals surface area contributed by atoms with Gasteiger partial charge in [0.1, 0.15) is 5.75 Å². The average Bonchev–Trinajstić information content (AvgIpc) is 2.42. The van der Waals surface area contributed by atoms with Crippen LogP contribution in [0.2, 0.25) is 5.02 Å². The Hall–Kier alpha value is -2.53. The van der Waals surface area contributed by atoms with Crippen molar-refractivity contribution in [2.75, 3.05) is 5.73 Å². The van der Waals surface area contributed by atoms with E-state index in [-0.39, 0.29) is 22.8 Å². The van der Waals surface area contributed by atoms with E-state index in [9.17, 15) is 9.59 Å². The van der Waals surface area contributed by atoms with E-state index >= 15 is 0 Å². The van der Waals surface area contributed by atoms with Crippen LogP contribution in [-0.2, 0) is 9.59 Å². The van der Waals surface area contributed by atoms with Gasteiger partial charge in [0.05, 0.1) is 5.69 Å². The first kappa shape index (κ1) is 15.9. The lowest BCUT2D eigenvalue weighted by Crippen LogP contribution is -2.11. The molecule has 22 heavy (non-hydrogen) atoms. The van der Waals surface area contributed by atoms with Crippen LogP contribution >= 0.6 is 11.6 Å². The molecule has 2 N–H and O–H groups in total. The van der Waals surface area contributed by atoms with Crippen LogP contribution in [0.15, 0.2) is 36.4 Å². The molecule has 0 amide bonds. The number of carbonyl (C=O) groups is 2. The molecule has 6 heteroatoms. The summed E-state index contributed by atoms with van der Waals surface area (Å²) in [5.41, 5.74) is 6.33. The molecule has 0 unspecified atom stereocenters. The Morgan fingerprint density at radius 2 is 1.82 bits per heavy atom. The lowest BCUT2D eigenvalue weighted by Gasteiger charge is -2.14. The molecule has 0 aliphatic rings. The highest BCUT2D eigenvalue weighted by molar-refractivity contribution is 6.31. The molecule has 0 saturated carbocycles. The number of nitrogen functional groups attached to an aromatic ring is 1. The minimum absolute atomic E-state index is 0.167. The second-order valence-corrected chi connectivity index (χ2v) is 5.18. The van der Waals surface area contributed by atoms with Crippen molar-refractivity contribution in [3.05, 3.63) is 41.4 Å². The largest absolute Gasteiger partial charge is 0.426 e. The third kappa shape index (κ3) is 3.20. The number of nitrogens with two attached hydrogens (primary N) is 1. The Kier molecular flexibility index (Phi) is 4.37. The minimum Gasteiger partial charge on any atom is -0.426 e. The zero-order chi connectivity index (χ0) is 16.4. The van der Waals surface area contributed by atoms with E-state index < -0.39 is 11.9 Å². The van der Waals surface area contributed by atoms with Gasteiger partial charge >= 0.3 is 11.9 Å². The van der Waals surface area contributed by atoms with Gasteiger partial charge in [0.2, 0.25) is 0 Å². The van der Waals surface area contributed by atoms with E-state index in [2.05, 4.69) is 6.58 Å². The summed E-state index contributed by atoms with van der Waals surface area (Å²) in [4.78, 5) is 23.0. The van der Waals surface area contributed by atoms with Crippen molar-refractivity contribution in [2.45, 2.75) is 13.8 Å². The summed E-state index contributed by atoms with van der Waals surface area (Å²) in [6, 6.07) is 6.29. The predicted molar refractivity (Wildman–Crippen MR) is 85.1 cm³/mol. The van der Waals surface area contributed by atoms with Gasteiger partial charge in [-0.1, -0.05) is 18.2 Å². The summed E-state index contributed by atoms with van der Waals surface area (Å²) < 4.78 is 10.4. The molecule has 5 nitrogen and oxygen atoms in total. The summed E-state index contributed by atoms with van der Waals surface area (Å²) in [6.07, 6.45) is 0. The van der Waals surface area contributed by atoms with Gasteiger partial charge < -0.3 is 15.2 Å². The van der Waals surface area contributed by atoms with Crippen LogP contribution in [0.25, 0.3) is 10.8 Å². The summed E-state index contributed by atoms with van der Waals surface area (Å²) >= 11 is 5.98. The van der Waals surface area contributed by atoms with Crippen molar-refractivity contribution < 1.29 is 19.1 Å². The minimum atomic E-state index is -0.594. The monoisotopic (exact) mass is 319 g/mol. The predicted octanol–water partition coefficient (Wildman–Crippen LogP) is 3.48. The number of carbonyl (C=O) groups excluding carboxylic acids is 2. The molecule has 2 aromatic rings. The number of benzene rings is 2. The van der Waals surface area contributed by atoms with Crippen LogP contribution in [-0.4, -0.2) is 11.9 Å². The molecule has 0 aliphatic heterocycles. The van der Waals surface area contributed by atoms with E-state index in [1.165, 1.54) is 19.9 Å². The molecule has 0 aromatic heterocycles. The number of ether oxygens (including phenoxy) is 2. The van der Waals surface area contributed by atoms with Crippen LogP contribution in [0.1, 0.15) is 13.8 Å². The first-order chi connectivity index (χ1) is 10.3. The lowest BCUT2D eigenvalue weighted by atomic mass is 10.1. The van der Waals surface area contributed by atoms with E-state index in [0.29, 0.717) is 15.8 Å². The molecular formula is C16H14ClNO4. The number of hydrogen-bond acceptors (Lipinski definition) is 5. The number of anilines is 1. The second kappa shape index (κ2) is 6.07. The Morgan fingerprint density at radius 1 is 1.14 bits per heavy atom. The van der Waals surface area contributed by atoms with Crippen LogP contribution in [0.4, 0.5) is 5.69 Å². The molecule has 0 spiro atoms. The molecule has 114 valence electrons. The van der Waals surface area contributed by atoms with Crippen molar-refractivity contribution in [1.82, 2.24) is 0 Å². The van der Waals surface area contributed by atoms with Crippen molar-refractivity contribution in [2.24, 2.45) is 0 Å². The van der Waals surface area contributed by atoms with E-state index in [1.807, 2.05) is 0 Å². The highest BCUT2D eigenvalue weighted by Gasteiger charge is 2.17. The van der Waals surface area contributed by atoms with Crippen molar-refractivity contribution in [3.63, 3.8) is 0 Å². The molecule has 0 radical (unpaired) electrons. The Morgan fingerprint density at radius 3 is 2.41 bits per heavy atom. The highest BCUT2D eigenvalue weighted by atomic mass is 35.5. The molecular weight excluding hydrogens is 306 g/mol. The summed E-state index contributed by atoms with van der Waals surface area (Å²) in [7, 11) is 0. The highest BCUT2D eigenvalue weighted by Crippen LogP contribution is 2.40. The normalized spacial score (nSPS) is 10.3. The van der Waals surface area contributed by atoms with E-state index in [4.69, 9.17) is 26.8 Å². The fourth-order valence-corrected chi connectivity index (χ4v) is 2.06. The first-order valence-corrected chi connectivity index (χ1v) is 6.75. The number of hydrogen-bond donors (Lipinski definition) is 1. The quantitative estimate of drug-likeness (QED) is 0.405. The van der Waals surface area contributed by atoms with Crippen LogP contribution < -0.4 is 15.2 Å². The second-order valence-electron chi connectivity index (χ2n) is 4.75. The average molecular weight is 320 g/mol. The molecule has 0 fully saturated rings. The SMILES string of the molecule is C=C(C)C(=O)Oc1c(N)cc(OC(C)=O)c2cc(Cl)ccc12. The van der Waals surface area contributed by atoms with Crippen LogP contribution in [0, 0.1) is 0 Å². The fraction of sp³-hybridized carbons (Fsp3) is 0.125. The van der Waals surface area contributed by atoms with Gasteiger partial charge in [0, 0.05) is 34.4 Å². The smallest absolute Gasteiger partial charge is 0.338 e.